The number of likely N-dealkylation sites (tertiary alicyclic amines) is 1. The molecule has 0 aliphatic carbocycles. The summed E-state index contributed by atoms with van der Waals surface area (Å²) in [6.07, 6.45) is 3.67. The number of hydrogen-bond donors (Lipinski definition) is 1. The van der Waals surface area contributed by atoms with Crippen molar-refractivity contribution >= 4 is 18.3 Å². The number of carbonyl (C=O) groups is 1. The molecule has 1 amide bonds. The summed E-state index contributed by atoms with van der Waals surface area (Å²) in [6, 6.07) is 0.243. The molecule has 0 atom stereocenters. The van der Waals surface area contributed by atoms with E-state index in [-0.39, 0.29) is 30.3 Å². The molecule has 0 saturated carbocycles. The molecule has 2 N–H and O–H groups in total. The summed E-state index contributed by atoms with van der Waals surface area (Å²) in [5.41, 5.74) is 7.55. The van der Waals surface area contributed by atoms with Gasteiger partial charge in [-0.2, -0.15) is 5.10 Å². The molecule has 6 heteroatoms. The summed E-state index contributed by atoms with van der Waals surface area (Å²) in [4.78, 5) is 14.5. The highest BCUT2D eigenvalue weighted by molar-refractivity contribution is 5.95. The zero-order valence-electron chi connectivity index (χ0n) is 12.5. The van der Waals surface area contributed by atoms with E-state index in [1.54, 1.807) is 0 Å². The molecule has 1 aliphatic rings. The van der Waals surface area contributed by atoms with Crippen molar-refractivity contribution in [1.82, 2.24) is 14.7 Å². The van der Waals surface area contributed by atoms with Crippen LogP contribution in [0.1, 0.15) is 55.6 Å². The first-order valence-electron chi connectivity index (χ1n) is 7.15. The predicted molar refractivity (Wildman–Crippen MR) is 82.4 cm³/mol. The number of amides is 1. The average Bonchev–Trinajstić information content (AvgIpc) is 2.83. The first-order chi connectivity index (χ1) is 9.02. The fourth-order valence-corrected chi connectivity index (χ4v) is 2.46. The molecule has 0 radical (unpaired) electrons. The van der Waals surface area contributed by atoms with Crippen molar-refractivity contribution in [3.63, 3.8) is 0 Å². The molecular formula is C14H25ClN4O. The summed E-state index contributed by atoms with van der Waals surface area (Å²) >= 11 is 0. The lowest BCUT2D eigenvalue weighted by molar-refractivity contribution is 0.0713. The van der Waals surface area contributed by atoms with Gasteiger partial charge in [-0.25, -0.2) is 0 Å². The van der Waals surface area contributed by atoms with Crippen molar-refractivity contribution in [2.45, 2.75) is 52.1 Å². The first kappa shape index (κ1) is 17.0. The maximum Gasteiger partial charge on any atom is 0.257 e. The molecule has 2 heterocycles. The molecule has 2 rings (SSSR count). The summed E-state index contributed by atoms with van der Waals surface area (Å²) < 4.78 is 1.85. The fourth-order valence-electron chi connectivity index (χ4n) is 2.46. The molecule has 1 fully saturated rings. The number of rotatable bonds is 3. The molecule has 1 aliphatic heterocycles. The van der Waals surface area contributed by atoms with Crippen LogP contribution in [0.2, 0.25) is 0 Å². The third-order valence-corrected chi connectivity index (χ3v) is 3.72. The van der Waals surface area contributed by atoms with Crippen LogP contribution in [0.3, 0.4) is 0 Å². The van der Waals surface area contributed by atoms with Gasteiger partial charge in [-0.15, -0.1) is 12.4 Å². The summed E-state index contributed by atoms with van der Waals surface area (Å²) in [6.45, 7) is 8.49. The highest BCUT2D eigenvalue weighted by Crippen LogP contribution is 2.21. The minimum absolute atomic E-state index is 0. The van der Waals surface area contributed by atoms with Gasteiger partial charge in [0.2, 0.25) is 0 Å². The van der Waals surface area contributed by atoms with Gasteiger partial charge < -0.3 is 10.6 Å². The second-order valence-electron chi connectivity index (χ2n) is 5.57. The van der Waals surface area contributed by atoms with Crippen LogP contribution < -0.4 is 5.73 Å². The Balaban J connectivity index is 0.00000200. The van der Waals surface area contributed by atoms with E-state index in [4.69, 9.17) is 5.73 Å². The average molecular weight is 301 g/mol. The Hall–Kier alpha value is -1.07. The van der Waals surface area contributed by atoms with Crippen LogP contribution in [-0.2, 0) is 6.54 Å². The van der Waals surface area contributed by atoms with Gasteiger partial charge in [-0.05, 0) is 25.7 Å². The van der Waals surface area contributed by atoms with Gasteiger partial charge >= 0.3 is 0 Å². The van der Waals surface area contributed by atoms with Crippen molar-refractivity contribution in [2.75, 3.05) is 13.1 Å². The Kier molecular flexibility index (Phi) is 6.02. The van der Waals surface area contributed by atoms with Crippen LogP contribution in [0.4, 0.5) is 0 Å². The minimum atomic E-state index is 0. The SMILES string of the molecule is CCn1cc(C(=O)N2CCC(N)CC2)c(C(C)C)n1.Cl. The van der Waals surface area contributed by atoms with Gasteiger partial charge in [0.25, 0.3) is 5.91 Å². The number of nitrogens with two attached hydrogens (primary N) is 1. The van der Waals surface area contributed by atoms with Crippen molar-refractivity contribution in [1.29, 1.82) is 0 Å². The number of nitrogens with zero attached hydrogens (tertiary/aromatic N) is 3. The lowest BCUT2D eigenvalue weighted by Crippen LogP contribution is -2.43. The highest BCUT2D eigenvalue weighted by atomic mass is 35.5. The van der Waals surface area contributed by atoms with Crippen LogP contribution in [0.15, 0.2) is 6.20 Å². The van der Waals surface area contributed by atoms with Gasteiger partial charge in [0.05, 0.1) is 11.3 Å². The van der Waals surface area contributed by atoms with E-state index in [2.05, 4.69) is 18.9 Å². The van der Waals surface area contributed by atoms with E-state index in [1.807, 2.05) is 22.7 Å². The number of hydrogen-bond acceptors (Lipinski definition) is 3. The van der Waals surface area contributed by atoms with Crippen LogP contribution in [-0.4, -0.2) is 39.7 Å². The van der Waals surface area contributed by atoms with Crippen molar-refractivity contribution in [3.05, 3.63) is 17.5 Å². The Morgan fingerprint density at radius 3 is 2.55 bits per heavy atom. The summed E-state index contributed by atoms with van der Waals surface area (Å²) in [7, 11) is 0. The summed E-state index contributed by atoms with van der Waals surface area (Å²) in [5, 5.41) is 4.50. The van der Waals surface area contributed by atoms with Crippen molar-refractivity contribution in [3.8, 4) is 0 Å². The van der Waals surface area contributed by atoms with Crippen molar-refractivity contribution < 1.29 is 4.79 Å². The smallest absolute Gasteiger partial charge is 0.257 e. The fraction of sp³-hybridized carbons (Fsp3) is 0.714. The molecule has 114 valence electrons. The lowest BCUT2D eigenvalue weighted by atomic mass is 10.0. The largest absolute Gasteiger partial charge is 0.338 e. The molecule has 0 aromatic carbocycles. The second-order valence-corrected chi connectivity index (χ2v) is 5.57. The minimum Gasteiger partial charge on any atom is -0.338 e. The van der Waals surface area contributed by atoms with Gasteiger partial charge in [-0.1, -0.05) is 13.8 Å². The number of carbonyl (C=O) groups excluding carboxylic acids is 1. The monoisotopic (exact) mass is 300 g/mol. The van der Waals surface area contributed by atoms with Gasteiger partial charge in [0.1, 0.15) is 0 Å². The zero-order valence-corrected chi connectivity index (χ0v) is 13.3. The Bertz CT molecular complexity index is 450. The Labute approximate surface area is 126 Å². The van der Waals surface area contributed by atoms with Crippen LogP contribution in [0.5, 0.6) is 0 Å². The molecule has 1 aromatic rings. The highest BCUT2D eigenvalue weighted by Gasteiger charge is 2.26. The first-order valence-corrected chi connectivity index (χ1v) is 7.15. The third kappa shape index (κ3) is 3.52. The van der Waals surface area contributed by atoms with E-state index in [0.717, 1.165) is 43.7 Å². The third-order valence-electron chi connectivity index (χ3n) is 3.72. The lowest BCUT2D eigenvalue weighted by Gasteiger charge is -2.30. The maximum atomic E-state index is 12.6. The molecule has 5 nitrogen and oxygen atoms in total. The molecule has 1 aromatic heterocycles. The van der Waals surface area contributed by atoms with E-state index in [9.17, 15) is 4.79 Å². The Morgan fingerprint density at radius 2 is 2.05 bits per heavy atom. The molecule has 20 heavy (non-hydrogen) atoms. The topological polar surface area (TPSA) is 64.2 Å². The Morgan fingerprint density at radius 1 is 1.45 bits per heavy atom. The van der Waals surface area contributed by atoms with Crippen molar-refractivity contribution in [2.24, 2.45) is 5.73 Å². The molecule has 0 unspecified atom stereocenters. The van der Waals surface area contributed by atoms with E-state index >= 15 is 0 Å². The van der Waals surface area contributed by atoms with Crippen LogP contribution >= 0.6 is 12.4 Å². The zero-order chi connectivity index (χ0) is 14.0. The van der Waals surface area contributed by atoms with Crippen LogP contribution in [0.25, 0.3) is 0 Å². The number of aromatic nitrogens is 2. The van der Waals surface area contributed by atoms with E-state index < -0.39 is 0 Å². The number of halogens is 1. The molecule has 1 saturated heterocycles. The molecule has 0 bridgehead atoms. The van der Waals surface area contributed by atoms with E-state index in [1.165, 1.54) is 0 Å². The van der Waals surface area contributed by atoms with Gasteiger partial charge in [0.15, 0.2) is 0 Å². The number of aryl methyl sites for hydroxylation is 1. The van der Waals surface area contributed by atoms with E-state index in [0.29, 0.717) is 0 Å². The standard InChI is InChI=1S/C14H24N4O.ClH/c1-4-18-9-12(13(16-18)10(2)3)14(19)17-7-5-11(15)6-8-17;/h9-11H,4-8,15H2,1-3H3;1H. The molecule has 0 spiro atoms. The quantitative estimate of drug-likeness (QED) is 0.929. The second kappa shape index (κ2) is 7.09. The molecular weight excluding hydrogens is 276 g/mol. The van der Waals surface area contributed by atoms with Crippen LogP contribution in [0, 0.1) is 0 Å². The predicted octanol–water partition coefficient (Wildman–Crippen LogP) is 2.01. The number of piperidine rings is 1. The van der Waals surface area contributed by atoms with Gasteiger partial charge in [0, 0.05) is 31.9 Å². The normalized spacial score (nSPS) is 16.4. The summed E-state index contributed by atoms with van der Waals surface area (Å²) in [5.74, 6) is 0.370. The maximum absolute atomic E-state index is 12.6. The van der Waals surface area contributed by atoms with Gasteiger partial charge in [-0.3, -0.25) is 9.48 Å².